The highest BCUT2D eigenvalue weighted by Crippen LogP contribution is 2.39. The van der Waals surface area contributed by atoms with Crippen molar-refractivity contribution in [1.29, 1.82) is 5.26 Å². The van der Waals surface area contributed by atoms with Gasteiger partial charge < -0.3 is 0 Å². The third-order valence-electron chi connectivity index (χ3n) is 4.16. The van der Waals surface area contributed by atoms with Crippen LogP contribution >= 0.6 is 0 Å². The Kier molecular flexibility index (Phi) is 3.22. The zero-order chi connectivity index (χ0) is 12.5. The molecule has 2 nitrogen and oxygen atoms in total. The van der Waals surface area contributed by atoms with E-state index >= 15 is 0 Å². The van der Waals surface area contributed by atoms with Gasteiger partial charge in [-0.05, 0) is 32.8 Å². The van der Waals surface area contributed by atoms with Crippen molar-refractivity contribution in [2.75, 3.05) is 6.54 Å². The monoisotopic (exact) mass is 228 g/mol. The summed E-state index contributed by atoms with van der Waals surface area (Å²) in [6.45, 7) is 7.62. The van der Waals surface area contributed by atoms with Crippen LogP contribution in [0, 0.1) is 17.2 Å². The van der Waals surface area contributed by atoms with Gasteiger partial charge in [0.25, 0.3) is 0 Å². The van der Waals surface area contributed by atoms with E-state index < -0.39 is 0 Å². The van der Waals surface area contributed by atoms with Gasteiger partial charge in [-0.15, -0.1) is 0 Å². The molecule has 2 rings (SSSR count). The largest absolute Gasteiger partial charge is 0.290 e. The van der Waals surface area contributed by atoms with E-state index in [0.717, 1.165) is 13.0 Å². The quantitative estimate of drug-likeness (QED) is 0.776. The first-order chi connectivity index (χ1) is 8.07. The van der Waals surface area contributed by atoms with Crippen LogP contribution in [0.15, 0.2) is 30.3 Å². The van der Waals surface area contributed by atoms with E-state index in [2.05, 4.69) is 56.0 Å². The summed E-state index contributed by atoms with van der Waals surface area (Å²) in [5.41, 5.74) is 1.31. The van der Waals surface area contributed by atoms with Gasteiger partial charge in [-0.3, -0.25) is 4.90 Å². The Labute approximate surface area is 104 Å². The second-order valence-electron chi connectivity index (χ2n) is 5.40. The van der Waals surface area contributed by atoms with Crippen LogP contribution in [0.4, 0.5) is 0 Å². The van der Waals surface area contributed by atoms with E-state index in [1.807, 2.05) is 6.07 Å². The maximum atomic E-state index is 9.20. The van der Waals surface area contributed by atoms with Crippen LogP contribution in [-0.4, -0.2) is 17.0 Å². The van der Waals surface area contributed by atoms with Gasteiger partial charge in [0.1, 0.15) is 0 Å². The van der Waals surface area contributed by atoms with Crippen molar-refractivity contribution >= 4 is 0 Å². The van der Waals surface area contributed by atoms with Gasteiger partial charge in [-0.2, -0.15) is 5.26 Å². The Balaban J connectivity index is 2.23. The predicted molar refractivity (Wildman–Crippen MR) is 69.4 cm³/mol. The van der Waals surface area contributed by atoms with Gasteiger partial charge in [0, 0.05) is 18.1 Å². The van der Waals surface area contributed by atoms with Crippen LogP contribution in [-0.2, 0) is 0 Å². The number of nitriles is 1. The maximum Gasteiger partial charge on any atom is 0.0675 e. The molecule has 1 aliphatic heterocycles. The van der Waals surface area contributed by atoms with Crippen LogP contribution in [0.25, 0.3) is 0 Å². The van der Waals surface area contributed by atoms with E-state index in [0.29, 0.717) is 6.04 Å². The summed E-state index contributed by atoms with van der Waals surface area (Å²) in [7, 11) is 0. The van der Waals surface area contributed by atoms with Crippen LogP contribution in [0.3, 0.4) is 0 Å². The average molecular weight is 228 g/mol. The Morgan fingerprint density at radius 1 is 1.35 bits per heavy atom. The summed E-state index contributed by atoms with van der Waals surface area (Å²) < 4.78 is 0. The molecule has 1 heterocycles. The molecule has 17 heavy (non-hydrogen) atoms. The third kappa shape index (κ3) is 2.08. The molecule has 2 heteroatoms. The molecule has 0 spiro atoms. The van der Waals surface area contributed by atoms with E-state index in [4.69, 9.17) is 0 Å². The standard InChI is InChI=1S/C15H20N2/c1-12(13-7-5-4-6-8-13)17-10-9-14(11-16)15(17,2)3/h4-8,12,14H,9-10H2,1-3H3. The maximum absolute atomic E-state index is 9.20. The van der Waals surface area contributed by atoms with Crippen LogP contribution in [0.1, 0.15) is 38.8 Å². The zero-order valence-corrected chi connectivity index (χ0v) is 10.9. The smallest absolute Gasteiger partial charge is 0.0675 e. The molecule has 1 aromatic carbocycles. The lowest BCUT2D eigenvalue weighted by molar-refractivity contribution is 0.110. The third-order valence-corrected chi connectivity index (χ3v) is 4.16. The number of benzene rings is 1. The molecule has 0 aliphatic carbocycles. The van der Waals surface area contributed by atoms with Crippen LogP contribution < -0.4 is 0 Å². The lowest BCUT2D eigenvalue weighted by Crippen LogP contribution is -2.43. The SMILES string of the molecule is CC(c1ccccc1)N1CCC(C#N)C1(C)C. The minimum Gasteiger partial charge on any atom is -0.290 e. The van der Waals surface area contributed by atoms with Gasteiger partial charge >= 0.3 is 0 Å². The van der Waals surface area contributed by atoms with Gasteiger partial charge in [0.15, 0.2) is 0 Å². The molecule has 0 amide bonds. The summed E-state index contributed by atoms with van der Waals surface area (Å²) in [6.07, 6.45) is 0.987. The van der Waals surface area contributed by atoms with Gasteiger partial charge in [0.05, 0.1) is 12.0 Å². The molecule has 0 N–H and O–H groups in total. The van der Waals surface area contributed by atoms with E-state index in [1.165, 1.54) is 5.56 Å². The molecule has 1 saturated heterocycles. The molecule has 1 fully saturated rings. The molecular weight excluding hydrogens is 208 g/mol. The molecule has 0 aromatic heterocycles. The second kappa shape index (κ2) is 4.50. The number of hydrogen-bond donors (Lipinski definition) is 0. The number of likely N-dealkylation sites (tertiary alicyclic amines) is 1. The normalized spacial score (nSPS) is 25.4. The highest BCUT2D eigenvalue weighted by molar-refractivity contribution is 5.20. The van der Waals surface area contributed by atoms with E-state index in [-0.39, 0.29) is 11.5 Å². The van der Waals surface area contributed by atoms with Gasteiger partial charge in [-0.1, -0.05) is 30.3 Å². The fourth-order valence-electron chi connectivity index (χ4n) is 2.94. The summed E-state index contributed by atoms with van der Waals surface area (Å²) in [6, 6.07) is 13.4. The molecule has 0 bridgehead atoms. The molecule has 1 aliphatic rings. The van der Waals surface area contributed by atoms with Crippen molar-refractivity contribution in [3.8, 4) is 6.07 Å². The fraction of sp³-hybridized carbons (Fsp3) is 0.533. The van der Waals surface area contributed by atoms with E-state index in [1.54, 1.807) is 0 Å². The Bertz CT molecular complexity index is 416. The average Bonchev–Trinajstić information content (AvgIpc) is 2.64. The van der Waals surface area contributed by atoms with Crippen molar-refractivity contribution < 1.29 is 0 Å². The summed E-state index contributed by atoms with van der Waals surface area (Å²) in [5.74, 6) is 0.147. The molecule has 2 atom stereocenters. The highest BCUT2D eigenvalue weighted by Gasteiger charge is 2.43. The number of rotatable bonds is 2. The second-order valence-corrected chi connectivity index (χ2v) is 5.40. The van der Waals surface area contributed by atoms with Gasteiger partial charge in [-0.25, -0.2) is 0 Å². The lowest BCUT2D eigenvalue weighted by atomic mass is 9.88. The van der Waals surface area contributed by atoms with Crippen molar-refractivity contribution in [1.82, 2.24) is 4.90 Å². The fourth-order valence-corrected chi connectivity index (χ4v) is 2.94. The van der Waals surface area contributed by atoms with E-state index in [9.17, 15) is 5.26 Å². The lowest BCUT2D eigenvalue weighted by Gasteiger charge is -2.38. The Hall–Kier alpha value is -1.33. The van der Waals surface area contributed by atoms with Crippen molar-refractivity contribution in [3.63, 3.8) is 0 Å². The molecule has 0 saturated carbocycles. The zero-order valence-electron chi connectivity index (χ0n) is 10.9. The van der Waals surface area contributed by atoms with Crippen molar-refractivity contribution in [2.24, 2.45) is 5.92 Å². The Morgan fingerprint density at radius 2 is 2.00 bits per heavy atom. The van der Waals surface area contributed by atoms with Crippen LogP contribution in [0.5, 0.6) is 0 Å². The topological polar surface area (TPSA) is 27.0 Å². The predicted octanol–water partition coefficient (Wildman–Crippen LogP) is 3.37. The molecule has 2 unspecified atom stereocenters. The molecular formula is C15H20N2. The minimum absolute atomic E-state index is 0.0238. The highest BCUT2D eigenvalue weighted by atomic mass is 15.2. The van der Waals surface area contributed by atoms with Gasteiger partial charge in [0.2, 0.25) is 0 Å². The molecule has 0 radical (unpaired) electrons. The first-order valence-corrected chi connectivity index (χ1v) is 6.28. The van der Waals surface area contributed by atoms with Crippen molar-refractivity contribution in [2.45, 2.75) is 38.8 Å². The molecule has 1 aromatic rings. The Morgan fingerprint density at radius 3 is 2.53 bits per heavy atom. The van der Waals surface area contributed by atoms with Crippen molar-refractivity contribution in [3.05, 3.63) is 35.9 Å². The first-order valence-electron chi connectivity index (χ1n) is 6.28. The number of hydrogen-bond acceptors (Lipinski definition) is 2. The summed E-state index contributed by atoms with van der Waals surface area (Å²) >= 11 is 0. The summed E-state index contributed by atoms with van der Waals surface area (Å²) in [4.78, 5) is 2.45. The summed E-state index contributed by atoms with van der Waals surface area (Å²) in [5, 5.41) is 9.20. The molecule has 90 valence electrons. The van der Waals surface area contributed by atoms with Crippen LogP contribution in [0.2, 0.25) is 0 Å². The first kappa shape index (κ1) is 12.1. The number of nitrogens with zero attached hydrogens (tertiary/aromatic N) is 2. The minimum atomic E-state index is -0.0238.